The number of fused-ring (bicyclic) bond motifs is 3. The van der Waals surface area contributed by atoms with Gasteiger partial charge in [-0.15, -0.1) is 11.3 Å². The molecule has 0 radical (unpaired) electrons. The molecule has 5 nitrogen and oxygen atoms in total. The van der Waals surface area contributed by atoms with Crippen LogP contribution >= 0.6 is 11.3 Å². The van der Waals surface area contributed by atoms with Crippen molar-refractivity contribution in [1.29, 1.82) is 0 Å². The zero-order chi connectivity index (χ0) is 14.4. The van der Waals surface area contributed by atoms with Crippen molar-refractivity contribution in [3.8, 4) is 0 Å². The van der Waals surface area contributed by atoms with Gasteiger partial charge in [-0.1, -0.05) is 6.92 Å². The number of rotatable bonds is 2. The van der Waals surface area contributed by atoms with Crippen molar-refractivity contribution < 1.29 is 0 Å². The van der Waals surface area contributed by atoms with Gasteiger partial charge >= 0.3 is 0 Å². The Morgan fingerprint density at radius 1 is 1.48 bits per heavy atom. The quantitative estimate of drug-likeness (QED) is 0.763. The predicted molar refractivity (Wildman–Crippen MR) is 82.8 cm³/mol. The van der Waals surface area contributed by atoms with Crippen LogP contribution < -0.4 is 5.56 Å². The molecule has 4 rings (SSSR count). The monoisotopic (exact) mass is 300 g/mol. The van der Waals surface area contributed by atoms with Gasteiger partial charge in [-0.05, 0) is 30.7 Å². The molecule has 0 saturated heterocycles. The number of imidazole rings is 1. The summed E-state index contributed by atoms with van der Waals surface area (Å²) in [4.78, 5) is 29.3. The number of nitrogens with zero attached hydrogens (tertiary/aromatic N) is 2. The van der Waals surface area contributed by atoms with E-state index in [-0.39, 0.29) is 5.56 Å². The minimum Gasteiger partial charge on any atom is -0.348 e. The van der Waals surface area contributed by atoms with Crippen LogP contribution in [0.5, 0.6) is 0 Å². The Balaban J connectivity index is 1.82. The molecule has 3 aromatic rings. The molecule has 0 spiro atoms. The third-order valence-corrected chi connectivity index (χ3v) is 5.28. The molecule has 1 aliphatic rings. The fourth-order valence-electron chi connectivity index (χ4n) is 3.04. The summed E-state index contributed by atoms with van der Waals surface area (Å²) in [6.45, 7) is 2.27. The van der Waals surface area contributed by atoms with Gasteiger partial charge in [0, 0.05) is 23.2 Å². The molecule has 2 N–H and O–H groups in total. The van der Waals surface area contributed by atoms with Crippen molar-refractivity contribution in [2.45, 2.75) is 32.6 Å². The second-order valence-electron chi connectivity index (χ2n) is 5.80. The molecule has 3 aromatic heterocycles. The first kappa shape index (κ1) is 12.8. The largest absolute Gasteiger partial charge is 0.348 e. The molecule has 21 heavy (non-hydrogen) atoms. The van der Waals surface area contributed by atoms with Crippen molar-refractivity contribution in [2.75, 3.05) is 0 Å². The maximum atomic E-state index is 12.4. The van der Waals surface area contributed by atoms with Crippen LogP contribution in [0, 0.1) is 5.92 Å². The molecule has 1 atom stereocenters. The number of aryl methyl sites for hydroxylation is 1. The maximum Gasteiger partial charge on any atom is 0.259 e. The molecule has 108 valence electrons. The van der Waals surface area contributed by atoms with Gasteiger partial charge in [-0.3, -0.25) is 4.79 Å². The van der Waals surface area contributed by atoms with E-state index in [4.69, 9.17) is 0 Å². The summed E-state index contributed by atoms with van der Waals surface area (Å²) < 4.78 is 0. The molecule has 0 aliphatic heterocycles. The fraction of sp³-hybridized carbons (Fsp3) is 0.400. The summed E-state index contributed by atoms with van der Waals surface area (Å²) in [7, 11) is 0. The molecule has 1 unspecified atom stereocenters. The second kappa shape index (κ2) is 4.80. The molecular formula is C15H16N4OS. The Hall–Kier alpha value is -1.95. The van der Waals surface area contributed by atoms with E-state index in [0.717, 1.165) is 35.2 Å². The highest BCUT2D eigenvalue weighted by Gasteiger charge is 2.22. The second-order valence-corrected chi connectivity index (χ2v) is 6.88. The summed E-state index contributed by atoms with van der Waals surface area (Å²) in [5, 5.41) is 0.815. The molecular weight excluding hydrogens is 284 g/mol. The minimum absolute atomic E-state index is 0.00145. The van der Waals surface area contributed by atoms with Gasteiger partial charge in [0.2, 0.25) is 0 Å². The average Bonchev–Trinajstić information content (AvgIpc) is 3.05. The van der Waals surface area contributed by atoms with Crippen molar-refractivity contribution in [2.24, 2.45) is 5.92 Å². The van der Waals surface area contributed by atoms with Crippen molar-refractivity contribution in [3.05, 3.63) is 44.8 Å². The average molecular weight is 300 g/mol. The number of H-pyrrole nitrogens is 2. The van der Waals surface area contributed by atoms with E-state index in [1.165, 1.54) is 10.4 Å². The van der Waals surface area contributed by atoms with Gasteiger partial charge in [-0.25, -0.2) is 9.97 Å². The standard InChI is InChI=1S/C15H16N4OS/c1-8-2-3-10-11(4-8)21-15-13(10)14(20)18-12(19-15)5-9-6-16-7-17-9/h6-8H,2-5H2,1H3,(H,16,17)(H,18,19,20). The minimum atomic E-state index is 0.00145. The molecule has 1 aliphatic carbocycles. The highest BCUT2D eigenvalue weighted by Crippen LogP contribution is 2.35. The van der Waals surface area contributed by atoms with E-state index in [9.17, 15) is 4.79 Å². The van der Waals surface area contributed by atoms with Gasteiger partial charge in [-0.2, -0.15) is 0 Å². The highest BCUT2D eigenvalue weighted by atomic mass is 32.1. The summed E-state index contributed by atoms with van der Waals surface area (Å²) in [5.74, 6) is 1.40. The topological polar surface area (TPSA) is 74.4 Å². The van der Waals surface area contributed by atoms with Crippen molar-refractivity contribution in [1.82, 2.24) is 19.9 Å². The number of nitrogens with one attached hydrogen (secondary N) is 2. The Bertz CT molecular complexity index is 847. The molecule has 0 amide bonds. The first-order chi connectivity index (χ1) is 10.2. The summed E-state index contributed by atoms with van der Waals surface area (Å²) in [5.41, 5.74) is 2.18. The lowest BCUT2D eigenvalue weighted by atomic mass is 9.89. The molecule has 0 aromatic carbocycles. The van der Waals surface area contributed by atoms with Crippen LogP contribution in [-0.2, 0) is 19.3 Å². The lowest BCUT2D eigenvalue weighted by Crippen LogP contribution is -2.14. The van der Waals surface area contributed by atoms with E-state index in [2.05, 4.69) is 26.9 Å². The Kier molecular flexibility index (Phi) is 2.92. The van der Waals surface area contributed by atoms with Gasteiger partial charge in [0.25, 0.3) is 5.56 Å². The smallest absolute Gasteiger partial charge is 0.259 e. The molecule has 0 bridgehead atoms. The molecule has 6 heteroatoms. The van der Waals surface area contributed by atoms with Crippen LogP contribution in [0.2, 0.25) is 0 Å². The molecule has 0 saturated carbocycles. The highest BCUT2D eigenvalue weighted by molar-refractivity contribution is 7.18. The van der Waals surface area contributed by atoms with Crippen LogP contribution in [0.15, 0.2) is 17.3 Å². The van der Waals surface area contributed by atoms with E-state index < -0.39 is 0 Å². The van der Waals surface area contributed by atoms with Crippen LogP contribution in [-0.4, -0.2) is 19.9 Å². The zero-order valence-corrected chi connectivity index (χ0v) is 12.6. The normalized spacial score (nSPS) is 18.0. The lowest BCUT2D eigenvalue weighted by molar-refractivity contribution is 0.509. The molecule has 0 fully saturated rings. The lowest BCUT2D eigenvalue weighted by Gasteiger charge is -2.17. The van der Waals surface area contributed by atoms with Crippen LogP contribution in [0.25, 0.3) is 10.2 Å². The Labute approximate surface area is 125 Å². The third kappa shape index (κ3) is 2.19. The van der Waals surface area contributed by atoms with Crippen molar-refractivity contribution in [3.63, 3.8) is 0 Å². The first-order valence-corrected chi connectivity index (χ1v) is 8.03. The number of hydrogen-bond donors (Lipinski definition) is 2. The summed E-state index contributed by atoms with van der Waals surface area (Å²) in [6.07, 6.45) is 7.20. The van der Waals surface area contributed by atoms with Gasteiger partial charge in [0.05, 0.1) is 11.7 Å². The van der Waals surface area contributed by atoms with E-state index >= 15 is 0 Å². The van der Waals surface area contributed by atoms with Gasteiger partial charge in [0.15, 0.2) is 0 Å². The summed E-state index contributed by atoms with van der Waals surface area (Å²) in [6, 6.07) is 0. The summed E-state index contributed by atoms with van der Waals surface area (Å²) >= 11 is 1.69. The van der Waals surface area contributed by atoms with E-state index in [0.29, 0.717) is 18.2 Å². The van der Waals surface area contributed by atoms with Crippen LogP contribution in [0.4, 0.5) is 0 Å². The zero-order valence-electron chi connectivity index (χ0n) is 11.8. The SMILES string of the molecule is CC1CCc2c(sc3nc(Cc4cnc[nH]4)[nH]c(=O)c23)C1. The van der Waals surface area contributed by atoms with Crippen LogP contribution in [0.1, 0.15) is 35.3 Å². The van der Waals surface area contributed by atoms with Gasteiger partial charge in [0.1, 0.15) is 10.7 Å². The number of thiophene rings is 1. The van der Waals surface area contributed by atoms with E-state index in [1.54, 1.807) is 23.9 Å². The Morgan fingerprint density at radius 3 is 3.19 bits per heavy atom. The predicted octanol–water partition coefficient (Wildman–Crippen LogP) is 2.42. The number of aromatic amines is 2. The Morgan fingerprint density at radius 2 is 2.38 bits per heavy atom. The fourth-order valence-corrected chi connectivity index (χ4v) is 4.44. The van der Waals surface area contributed by atoms with Crippen molar-refractivity contribution >= 4 is 21.6 Å². The van der Waals surface area contributed by atoms with Crippen LogP contribution in [0.3, 0.4) is 0 Å². The van der Waals surface area contributed by atoms with Gasteiger partial charge < -0.3 is 9.97 Å². The maximum absolute atomic E-state index is 12.4. The van der Waals surface area contributed by atoms with E-state index in [1.807, 2.05) is 0 Å². The first-order valence-electron chi connectivity index (χ1n) is 7.21. The molecule has 3 heterocycles. The third-order valence-electron chi connectivity index (χ3n) is 4.13. The number of aromatic nitrogens is 4. The number of hydrogen-bond acceptors (Lipinski definition) is 4.